The largest absolute Gasteiger partial charge is 0.381 e. The molecule has 0 radical (unpaired) electrons. The van der Waals surface area contributed by atoms with Gasteiger partial charge in [-0.2, -0.15) is 0 Å². The molecule has 17 heavy (non-hydrogen) atoms. The molecule has 0 aliphatic carbocycles. The quantitative estimate of drug-likeness (QED) is 0.713. The first-order chi connectivity index (χ1) is 8.07. The Morgan fingerprint density at radius 1 is 1.41 bits per heavy atom. The van der Waals surface area contributed by atoms with E-state index in [0.717, 1.165) is 5.56 Å². The Morgan fingerprint density at radius 2 is 2.18 bits per heavy atom. The van der Waals surface area contributed by atoms with E-state index in [4.69, 9.17) is 10.5 Å². The van der Waals surface area contributed by atoms with Gasteiger partial charge in [0.25, 0.3) is 0 Å². The average molecular weight is 258 g/mol. The molecular formula is C11H18N2O3S. The Morgan fingerprint density at radius 3 is 2.82 bits per heavy atom. The normalized spacial score (nSPS) is 11.4. The molecular weight excluding hydrogens is 240 g/mol. The van der Waals surface area contributed by atoms with E-state index in [1.165, 1.54) is 0 Å². The van der Waals surface area contributed by atoms with Crippen LogP contribution in [0.2, 0.25) is 0 Å². The van der Waals surface area contributed by atoms with Crippen LogP contribution in [0.15, 0.2) is 24.3 Å². The zero-order chi connectivity index (χ0) is 12.7. The van der Waals surface area contributed by atoms with Crippen molar-refractivity contribution in [3.63, 3.8) is 0 Å². The Balaban J connectivity index is 2.62. The second kappa shape index (κ2) is 6.58. The van der Waals surface area contributed by atoms with Crippen LogP contribution >= 0.6 is 0 Å². The van der Waals surface area contributed by atoms with Gasteiger partial charge in [-0.05, 0) is 24.6 Å². The van der Waals surface area contributed by atoms with Crippen molar-refractivity contribution in [2.75, 3.05) is 23.7 Å². The van der Waals surface area contributed by atoms with Crippen molar-refractivity contribution >= 4 is 15.7 Å². The topological polar surface area (TPSA) is 81.4 Å². The second-order valence-electron chi connectivity index (χ2n) is 3.52. The first-order valence-electron chi connectivity index (χ1n) is 5.44. The summed E-state index contributed by atoms with van der Waals surface area (Å²) < 4.78 is 30.8. The Hall–Kier alpha value is -1.11. The van der Waals surface area contributed by atoms with Gasteiger partial charge in [0.1, 0.15) is 0 Å². The molecule has 3 N–H and O–H groups in total. The number of ether oxygens (including phenoxy) is 1. The summed E-state index contributed by atoms with van der Waals surface area (Å²) in [6, 6.07) is 7.02. The molecule has 0 saturated carbocycles. The molecule has 0 aliphatic rings. The minimum Gasteiger partial charge on any atom is -0.381 e. The number of nitrogens with one attached hydrogen (secondary N) is 1. The molecule has 0 bridgehead atoms. The highest BCUT2D eigenvalue weighted by molar-refractivity contribution is 7.92. The van der Waals surface area contributed by atoms with Crippen LogP contribution in [0.4, 0.5) is 5.69 Å². The number of rotatable bonds is 7. The number of nitrogens with two attached hydrogens (primary N) is 1. The summed E-state index contributed by atoms with van der Waals surface area (Å²) in [7, 11) is -3.35. The zero-order valence-electron chi connectivity index (χ0n) is 9.85. The van der Waals surface area contributed by atoms with E-state index in [0.29, 0.717) is 18.8 Å². The van der Waals surface area contributed by atoms with Crippen molar-refractivity contribution in [3.05, 3.63) is 29.8 Å². The highest BCUT2D eigenvalue weighted by Gasteiger charge is 2.10. The fourth-order valence-corrected chi connectivity index (χ4v) is 2.23. The van der Waals surface area contributed by atoms with Gasteiger partial charge in [0, 0.05) is 18.8 Å². The van der Waals surface area contributed by atoms with E-state index in [1.54, 1.807) is 18.2 Å². The molecule has 5 nitrogen and oxygen atoms in total. The molecule has 0 saturated heterocycles. The molecule has 1 aromatic rings. The van der Waals surface area contributed by atoms with Crippen LogP contribution in [0.3, 0.4) is 0 Å². The van der Waals surface area contributed by atoms with E-state index in [1.807, 2.05) is 13.0 Å². The Kier molecular flexibility index (Phi) is 5.40. The summed E-state index contributed by atoms with van der Waals surface area (Å²) in [5.41, 5.74) is 6.90. The van der Waals surface area contributed by atoms with Crippen molar-refractivity contribution in [1.29, 1.82) is 0 Å². The lowest BCUT2D eigenvalue weighted by Crippen LogP contribution is -2.20. The molecule has 0 fully saturated rings. The van der Waals surface area contributed by atoms with Crippen LogP contribution in [0.5, 0.6) is 0 Å². The van der Waals surface area contributed by atoms with Gasteiger partial charge in [-0.15, -0.1) is 0 Å². The maximum Gasteiger partial charge on any atom is 0.234 e. The van der Waals surface area contributed by atoms with E-state index in [2.05, 4.69) is 4.72 Å². The van der Waals surface area contributed by atoms with Gasteiger partial charge in [0.2, 0.25) is 10.0 Å². The molecule has 0 atom stereocenters. The van der Waals surface area contributed by atoms with Gasteiger partial charge in [-0.1, -0.05) is 12.1 Å². The third-order valence-corrected chi connectivity index (χ3v) is 3.39. The fourth-order valence-electron chi connectivity index (χ4n) is 1.31. The van der Waals surface area contributed by atoms with E-state index in [-0.39, 0.29) is 12.4 Å². The molecule has 1 rings (SSSR count). The van der Waals surface area contributed by atoms with Crippen molar-refractivity contribution in [3.8, 4) is 0 Å². The van der Waals surface area contributed by atoms with Gasteiger partial charge >= 0.3 is 0 Å². The Labute approximate surface area is 102 Å². The van der Waals surface area contributed by atoms with Crippen LogP contribution in [0.25, 0.3) is 0 Å². The van der Waals surface area contributed by atoms with Crippen LogP contribution in [0, 0.1) is 0 Å². The summed E-state index contributed by atoms with van der Waals surface area (Å²) in [6.07, 6.45) is 0. The summed E-state index contributed by atoms with van der Waals surface area (Å²) in [4.78, 5) is 0. The maximum atomic E-state index is 11.7. The predicted molar refractivity (Wildman–Crippen MR) is 68.2 cm³/mol. The fraction of sp³-hybridized carbons (Fsp3) is 0.455. The first kappa shape index (κ1) is 14.0. The number of benzene rings is 1. The number of hydrogen-bond acceptors (Lipinski definition) is 4. The minimum atomic E-state index is -3.35. The lowest BCUT2D eigenvalue weighted by atomic mass is 10.2. The molecule has 6 heteroatoms. The predicted octanol–water partition coefficient (Wildman–Crippen LogP) is 0.924. The SMILES string of the molecule is CCOCCS(=O)(=O)Nc1cccc(CN)c1. The third kappa shape index (κ3) is 5.16. The van der Waals surface area contributed by atoms with Gasteiger partial charge < -0.3 is 10.5 Å². The van der Waals surface area contributed by atoms with Gasteiger partial charge in [0.05, 0.1) is 12.4 Å². The monoisotopic (exact) mass is 258 g/mol. The van der Waals surface area contributed by atoms with Crippen molar-refractivity contribution in [2.24, 2.45) is 5.73 Å². The minimum absolute atomic E-state index is 0.0479. The molecule has 0 heterocycles. The van der Waals surface area contributed by atoms with E-state index in [9.17, 15) is 8.42 Å². The van der Waals surface area contributed by atoms with Crippen molar-refractivity contribution in [2.45, 2.75) is 13.5 Å². The summed E-state index contributed by atoms with van der Waals surface area (Å²) in [6.45, 7) is 2.92. The second-order valence-corrected chi connectivity index (χ2v) is 5.36. The van der Waals surface area contributed by atoms with Crippen molar-refractivity contribution in [1.82, 2.24) is 0 Å². The van der Waals surface area contributed by atoms with Crippen LogP contribution in [0.1, 0.15) is 12.5 Å². The highest BCUT2D eigenvalue weighted by Crippen LogP contribution is 2.12. The molecule has 0 aliphatic heterocycles. The van der Waals surface area contributed by atoms with Crippen LogP contribution in [-0.4, -0.2) is 27.4 Å². The highest BCUT2D eigenvalue weighted by atomic mass is 32.2. The van der Waals surface area contributed by atoms with E-state index >= 15 is 0 Å². The molecule has 0 spiro atoms. The summed E-state index contributed by atoms with van der Waals surface area (Å²) in [5.74, 6) is -0.0479. The van der Waals surface area contributed by atoms with Gasteiger partial charge in [-0.25, -0.2) is 8.42 Å². The average Bonchev–Trinajstić information content (AvgIpc) is 2.29. The number of anilines is 1. The number of sulfonamides is 1. The van der Waals surface area contributed by atoms with Gasteiger partial charge in [-0.3, -0.25) is 4.72 Å². The maximum absolute atomic E-state index is 11.7. The molecule has 96 valence electrons. The lowest BCUT2D eigenvalue weighted by molar-refractivity contribution is 0.163. The summed E-state index contributed by atoms with van der Waals surface area (Å²) >= 11 is 0. The van der Waals surface area contributed by atoms with E-state index < -0.39 is 10.0 Å². The third-order valence-electron chi connectivity index (χ3n) is 2.14. The molecule has 0 aromatic heterocycles. The smallest absolute Gasteiger partial charge is 0.234 e. The standard InChI is InChI=1S/C11H18N2O3S/c1-2-16-6-7-17(14,15)13-11-5-3-4-10(8-11)9-12/h3-5,8,13H,2,6-7,9,12H2,1H3. The van der Waals surface area contributed by atoms with Crippen molar-refractivity contribution < 1.29 is 13.2 Å². The summed E-state index contributed by atoms with van der Waals surface area (Å²) in [5, 5.41) is 0. The van der Waals surface area contributed by atoms with Crippen LogP contribution < -0.4 is 10.5 Å². The number of hydrogen-bond donors (Lipinski definition) is 2. The first-order valence-corrected chi connectivity index (χ1v) is 7.10. The Bertz CT molecular complexity index is 446. The molecule has 0 amide bonds. The zero-order valence-corrected chi connectivity index (χ0v) is 10.7. The van der Waals surface area contributed by atoms with Crippen LogP contribution in [-0.2, 0) is 21.3 Å². The van der Waals surface area contributed by atoms with Gasteiger partial charge in [0.15, 0.2) is 0 Å². The molecule has 1 aromatic carbocycles. The molecule has 0 unspecified atom stereocenters. The lowest BCUT2D eigenvalue weighted by Gasteiger charge is -2.08.